The minimum atomic E-state index is -0.252. The Balaban J connectivity index is 1.83. The summed E-state index contributed by atoms with van der Waals surface area (Å²) in [5.74, 6) is -0.289. The summed E-state index contributed by atoms with van der Waals surface area (Å²) in [7, 11) is 1.87. The number of nitrogens with one attached hydrogen (secondary N) is 1. The largest absolute Gasteiger partial charge is 0.348 e. The summed E-state index contributed by atoms with van der Waals surface area (Å²) in [6, 6.07) is 14.2. The van der Waals surface area contributed by atoms with Crippen molar-refractivity contribution in [3.05, 3.63) is 69.9 Å². The van der Waals surface area contributed by atoms with Gasteiger partial charge >= 0.3 is 0 Å². The molecule has 23 heavy (non-hydrogen) atoms. The monoisotopic (exact) mass is 378 g/mol. The molecule has 0 aliphatic heterocycles. The lowest BCUT2D eigenvalue weighted by atomic mass is 10.1. The fraction of sp³-hybridized carbons (Fsp3) is 0.278. The number of hydrogen-bond donors (Lipinski definition) is 1. The van der Waals surface area contributed by atoms with Crippen LogP contribution in [-0.4, -0.2) is 24.4 Å². The van der Waals surface area contributed by atoms with Gasteiger partial charge in [0.15, 0.2) is 0 Å². The Labute approximate surface area is 144 Å². The van der Waals surface area contributed by atoms with Gasteiger partial charge in [-0.1, -0.05) is 40.2 Å². The second kappa shape index (κ2) is 8.22. The van der Waals surface area contributed by atoms with E-state index in [-0.39, 0.29) is 24.3 Å². The molecular weight excluding hydrogens is 359 g/mol. The minimum absolute atomic E-state index is 0.0370. The second-order valence-electron chi connectivity index (χ2n) is 5.64. The fourth-order valence-electron chi connectivity index (χ4n) is 2.32. The van der Waals surface area contributed by atoms with Gasteiger partial charge in [0.1, 0.15) is 5.82 Å². The van der Waals surface area contributed by atoms with Crippen molar-refractivity contribution >= 4 is 21.8 Å². The van der Waals surface area contributed by atoms with Crippen LogP contribution in [0, 0.1) is 5.82 Å². The van der Waals surface area contributed by atoms with Crippen LogP contribution in [0.3, 0.4) is 0 Å². The maximum atomic E-state index is 12.9. The van der Waals surface area contributed by atoms with Crippen LogP contribution >= 0.6 is 15.9 Å². The van der Waals surface area contributed by atoms with Crippen molar-refractivity contribution in [3.8, 4) is 0 Å². The molecule has 1 atom stereocenters. The molecule has 1 amide bonds. The number of rotatable bonds is 6. The molecule has 0 heterocycles. The van der Waals surface area contributed by atoms with E-state index in [0.717, 1.165) is 15.6 Å². The van der Waals surface area contributed by atoms with Gasteiger partial charge in [-0.15, -0.1) is 0 Å². The Kier molecular flexibility index (Phi) is 6.30. The van der Waals surface area contributed by atoms with E-state index in [1.165, 1.54) is 12.1 Å². The third-order valence-corrected chi connectivity index (χ3v) is 4.06. The molecule has 5 heteroatoms. The summed E-state index contributed by atoms with van der Waals surface area (Å²) < 4.78 is 13.9. The van der Waals surface area contributed by atoms with Crippen LogP contribution in [-0.2, 0) is 11.3 Å². The summed E-state index contributed by atoms with van der Waals surface area (Å²) in [4.78, 5) is 14.0. The summed E-state index contributed by atoms with van der Waals surface area (Å²) in [6.45, 7) is 2.85. The summed E-state index contributed by atoms with van der Waals surface area (Å²) in [5.41, 5.74) is 2.03. The lowest BCUT2D eigenvalue weighted by Crippen LogP contribution is -2.36. The lowest BCUT2D eigenvalue weighted by molar-refractivity contribution is -0.122. The average Bonchev–Trinajstić information content (AvgIpc) is 2.50. The van der Waals surface area contributed by atoms with E-state index >= 15 is 0 Å². The number of amides is 1. The lowest BCUT2D eigenvalue weighted by Gasteiger charge is -2.19. The van der Waals surface area contributed by atoms with E-state index < -0.39 is 0 Å². The molecule has 0 unspecified atom stereocenters. The van der Waals surface area contributed by atoms with Crippen LogP contribution < -0.4 is 5.32 Å². The zero-order valence-electron chi connectivity index (χ0n) is 13.2. The highest BCUT2D eigenvalue weighted by Gasteiger charge is 2.12. The van der Waals surface area contributed by atoms with Crippen molar-refractivity contribution in [1.82, 2.24) is 10.2 Å². The molecule has 0 aliphatic carbocycles. The number of carbonyl (C=O) groups excluding carboxylic acids is 1. The quantitative estimate of drug-likeness (QED) is 0.826. The molecule has 0 spiro atoms. The number of halogens is 2. The fourth-order valence-corrected chi connectivity index (χ4v) is 2.59. The third-order valence-electron chi connectivity index (χ3n) is 3.53. The number of nitrogens with zero attached hydrogens (tertiary/aromatic N) is 1. The van der Waals surface area contributed by atoms with Crippen molar-refractivity contribution in [2.24, 2.45) is 0 Å². The average molecular weight is 379 g/mol. The van der Waals surface area contributed by atoms with Crippen molar-refractivity contribution < 1.29 is 9.18 Å². The maximum absolute atomic E-state index is 12.9. The number of likely N-dealkylation sites (N-methyl/N-ethyl adjacent to an activating group) is 1. The van der Waals surface area contributed by atoms with Crippen LogP contribution in [0.25, 0.3) is 0 Å². The molecule has 122 valence electrons. The molecule has 0 saturated heterocycles. The van der Waals surface area contributed by atoms with E-state index in [4.69, 9.17) is 0 Å². The van der Waals surface area contributed by atoms with Crippen molar-refractivity contribution in [1.29, 1.82) is 0 Å². The maximum Gasteiger partial charge on any atom is 0.234 e. The Morgan fingerprint density at radius 1 is 1.17 bits per heavy atom. The number of carbonyl (C=O) groups is 1. The summed E-state index contributed by atoms with van der Waals surface area (Å²) >= 11 is 3.40. The third kappa shape index (κ3) is 5.77. The molecule has 0 radical (unpaired) electrons. The number of benzene rings is 2. The van der Waals surface area contributed by atoms with Gasteiger partial charge in [0.2, 0.25) is 5.91 Å². The van der Waals surface area contributed by atoms with E-state index in [1.54, 1.807) is 12.1 Å². The van der Waals surface area contributed by atoms with Crippen molar-refractivity contribution in [2.45, 2.75) is 19.5 Å². The standard InChI is InChI=1S/C18H20BrFN2O/c1-13(15-5-7-16(19)8-6-15)21-18(23)12-22(2)11-14-3-9-17(20)10-4-14/h3-10,13H,11-12H2,1-2H3,(H,21,23)/t13-/m1/s1. The van der Waals surface area contributed by atoms with Crippen molar-refractivity contribution in [3.63, 3.8) is 0 Å². The van der Waals surface area contributed by atoms with Crippen molar-refractivity contribution in [2.75, 3.05) is 13.6 Å². The SMILES string of the molecule is C[C@@H](NC(=O)CN(C)Cc1ccc(F)cc1)c1ccc(Br)cc1. The van der Waals surface area contributed by atoms with Crippen LogP contribution in [0.5, 0.6) is 0 Å². The Morgan fingerprint density at radius 3 is 2.39 bits per heavy atom. The first-order valence-corrected chi connectivity index (χ1v) is 8.21. The van der Waals surface area contributed by atoms with Gasteiger partial charge in [0, 0.05) is 11.0 Å². The van der Waals surface area contributed by atoms with Gasteiger partial charge in [-0.2, -0.15) is 0 Å². The van der Waals surface area contributed by atoms with Gasteiger partial charge in [0.25, 0.3) is 0 Å². The molecule has 2 aromatic carbocycles. The normalized spacial score (nSPS) is 12.2. The molecular formula is C18H20BrFN2O. The first-order chi connectivity index (χ1) is 10.9. The predicted molar refractivity (Wildman–Crippen MR) is 93.4 cm³/mol. The summed E-state index contributed by atoms with van der Waals surface area (Å²) in [6.07, 6.45) is 0. The topological polar surface area (TPSA) is 32.3 Å². The zero-order chi connectivity index (χ0) is 16.8. The molecule has 0 aliphatic rings. The Bertz CT molecular complexity index is 643. The van der Waals surface area contributed by atoms with Crippen LogP contribution in [0.15, 0.2) is 53.0 Å². The van der Waals surface area contributed by atoms with Crippen LogP contribution in [0.1, 0.15) is 24.1 Å². The van der Waals surface area contributed by atoms with E-state index in [2.05, 4.69) is 21.2 Å². The molecule has 2 aromatic rings. The summed E-state index contributed by atoms with van der Waals surface area (Å²) in [5, 5.41) is 2.99. The van der Waals surface area contributed by atoms with E-state index in [9.17, 15) is 9.18 Å². The van der Waals surface area contributed by atoms with E-state index in [0.29, 0.717) is 6.54 Å². The molecule has 2 rings (SSSR count). The van der Waals surface area contributed by atoms with Gasteiger partial charge in [0.05, 0.1) is 12.6 Å². The first kappa shape index (κ1) is 17.6. The zero-order valence-corrected chi connectivity index (χ0v) is 14.8. The molecule has 0 saturated carbocycles. The van der Waals surface area contributed by atoms with E-state index in [1.807, 2.05) is 43.1 Å². The molecule has 0 aromatic heterocycles. The van der Waals surface area contributed by atoms with Gasteiger partial charge in [-0.25, -0.2) is 4.39 Å². The highest BCUT2D eigenvalue weighted by atomic mass is 79.9. The minimum Gasteiger partial charge on any atom is -0.348 e. The van der Waals surface area contributed by atoms with Crippen LogP contribution in [0.2, 0.25) is 0 Å². The first-order valence-electron chi connectivity index (χ1n) is 7.42. The van der Waals surface area contributed by atoms with Gasteiger partial charge < -0.3 is 5.32 Å². The Hall–Kier alpha value is -1.72. The van der Waals surface area contributed by atoms with Gasteiger partial charge in [-0.05, 0) is 49.4 Å². The Morgan fingerprint density at radius 2 is 1.78 bits per heavy atom. The molecule has 1 N–H and O–H groups in total. The van der Waals surface area contributed by atoms with Crippen LogP contribution in [0.4, 0.5) is 4.39 Å². The van der Waals surface area contributed by atoms with Gasteiger partial charge in [-0.3, -0.25) is 9.69 Å². The molecule has 0 bridgehead atoms. The molecule has 3 nitrogen and oxygen atoms in total. The smallest absolute Gasteiger partial charge is 0.234 e. The predicted octanol–water partition coefficient (Wildman–Crippen LogP) is 3.90. The highest BCUT2D eigenvalue weighted by molar-refractivity contribution is 9.10. The molecule has 0 fully saturated rings. The second-order valence-corrected chi connectivity index (χ2v) is 6.56. The highest BCUT2D eigenvalue weighted by Crippen LogP contribution is 2.16. The number of hydrogen-bond acceptors (Lipinski definition) is 2.